The molecule has 186 valence electrons. The summed E-state index contributed by atoms with van der Waals surface area (Å²) in [7, 11) is 0. The van der Waals surface area contributed by atoms with Gasteiger partial charge in [0.05, 0.1) is 27.1 Å². The molecule has 1 aromatic heterocycles. The standard InChI is InChI=1S/C25H23ClF3NO5/c1-23(2,3)35-22(32)30-24(9-10-24)13-33-19-11-14(25(27,28)29)7-8-16(19)20-12-18(31)15-5-4-6-17(26)21(15)34-20/h4-8,11-12H,9-10,13H2,1-3H3,(H,30,32). The zero-order valence-corrected chi connectivity index (χ0v) is 20.0. The van der Waals surface area contributed by atoms with Gasteiger partial charge < -0.3 is 19.2 Å². The zero-order chi connectivity index (χ0) is 25.6. The van der Waals surface area contributed by atoms with Gasteiger partial charge in [0.1, 0.15) is 23.7 Å². The van der Waals surface area contributed by atoms with Crippen LogP contribution in [0.3, 0.4) is 0 Å². The van der Waals surface area contributed by atoms with Gasteiger partial charge in [0.25, 0.3) is 0 Å². The minimum atomic E-state index is -4.61. The Bertz CT molecular complexity index is 1340. The number of hydrogen-bond donors (Lipinski definition) is 1. The quantitative estimate of drug-likeness (QED) is 0.421. The van der Waals surface area contributed by atoms with E-state index < -0.39 is 34.4 Å². The van der Waals surface area contributed by atoms with E-state index in [1.54, 1.807) is 39.0 Å². The first-order valence-corrected chi connectivity index (χ1v) is 11.2. The number of carbonyl (C=O) groups is 1. The minimum Gasteiger partial charge on any atom is -0.490 e. The van der Waals surface area contributed by atoms with Crippen molar-refractivity contribution in [1.82, 2.24) is 5.32 Å². The number of ether oxygens (including phenoxy) is 2. The van der Waals surface area contributed by atoms with Gasteiger partial charge in [-0.25, -0.2) is 4.79 Å². The van der Waals surface area contributed by atoms with Gasteiger partial charge >= 0.3 is 12.3 Å². The highest BCUT2D eigenvalue weighted by molar-refractivity contribution is 6.34. The van der Waals surface area contributed by atoms with E-state index in [-0.39, 0.29) is 39.7 Å². The van der Waals surface area contributed by atoms with E-state index in [0.29, 0.717) is 12.8 Å². The Kier molecular flexibility index (Phi) is 6.25. The predicted molar refractivity (Wildman–Crippen MR) is 125 cm³/mol. The number of amides is 1. The second-order valence-corrected chi connectivity index (χ2v) is 9.90. The van der Waals surface area contributed by atoms with Crippen LogP contribution < -0.4 is 15.5 Å². The number of fused-ring (bicyclic) bond motifs is 1. The maximum atomic E-state index is 13.4. The van der Waals surface area contributed by atoms with E-state index in [2.05, 4.69) is 5.32 Å². The largest absolute Gasteiger partial charge is 0.490 e. The van der Waals surface area contributed by atoms with E-state index in [1.165, 1.54) is 12.1 Å². The van der Waals surface area contributed by atoms with Gasteiger partial charge in [0.15, 0.2) is 11.0 Å². The Morgan fingerprint density at radius 1 is 1.14 bits per heavy atom. The first kappa shape index (κ1) is 24.9. The highest BCUT2D eigenvalue weighted by atomic mass is 35.5. The fourth-order valence-corrected chi connectivity index (χ4v) is 3.70. The summed E-state index contributed by atoms with van der Waals surface area (Å²) in [6, 6.07) is 8.77. The third-order valence-electron chi connectivity index (χ3n) is 5.40. The fourth-order valence-electron chi connectivity index (χ4n) is 3.49. The molecule has 0 saturated heterocycles. The summed E-state index contributed by atoms with van der Waals surface area (Å²) in [5.74, 6) is -0.143. The molecule has 35 heavy (non-hydrogen) atoms. The maximum absolute atomic E-state index is 13.4. The highest BCUT2D eigenvalue weighted by Crippen LogP contribution is 2.41. The number of alkyl halides is 3. The lowest BCUT2D eigenvalue weighted by atomic mass is 10.1. The van der Waals surface area contributed by atoms with Crippen LogP contribution in [-0.2, 0) is 10.9 Å². The van der Waals surface area contributed by atoms with Crippen LogP contribution in [0.25, 0.3) is 22.3 Å². The van der Waals surface area contributed by atoms with E-state index >= 15 is 0 Å². The van der Waals surface area contributed by atoms with Gasteiger partial charge in [-0.05, 0) is 63.9 Å². The number of nitrogens with one attached hydrogen (secondary N) is 1. The van der Waals surface area contributed by atoms with Crippen LogP contribution in [-0.4, -0.2) is 23.8 Å². The van der Waals surface area contributed by atoms with Crippen LogP contribution in [0.15, 0.2) is 51.7 Å². The third kappa shape index (κ3) is 5.73. The molecule has 1 fully saturated rings. The first-order valence-electron chi connectivity index (χ1n) is 10.8. The molecule has 1 N–H and O–H groups in total. The fraction of sp³-hybridized carbons (Fsp3) is 0.360. The molecule has 1 aliphatic rings. The molecule has 1 amide bonds. The Morgan fingerprint density at radius 2 is 1.86 bits per heavy atom. The van der Waals surface area contributed by atoms with Gasteiger partial charge in [-0.2, -0.15) is 13.2 Å². The molecule has 4 rings (SSSR count). The van der Waals surface area contributed by atoms with Crippen molar-refractivity contribution in [2.45, 2.75) is 50.9 Å². The van der Waals surface area contributed by atoms with Crippen molar-refractivity contribution in [2.24, 2.45) is 0 Å². The summed E-state index contributed by atoms with van der Waals surface area (Å²) in [6.45, 7) is 5.07. The monoisotopic (exact) mass is 509 g/mol. The Labute approximate surface area is 204 Å². The molecule has 2 aromatic carbocycles. The number of halogens is 4. The molecule has 0 radical (unpaired) electrons. The molecule has 10 heteroatoms. The lowest BCUT2D eigenvalue weighted by Gasteiger charge is -2.24. The summed E-state index contributed by atoms with van der Waals surface area (Å²) >= 11 is 6.17. The van der Waals surface area contributed by atoms with Crippen LogP contribution in [0, 0.1) is 0 Å². The van der Waals surface area contributed by atoms with Crippen molar-refractivity contribution in [2.75, 3.05) is 6.61 Å². The molecule has 0 aliphatic heterocycles. The number of alkyl carbamates (subject to hydrolysis) is 1. The smallest absolute Gasteiger partial charge is 0.416 e. The lowest BCUT2D eigenvalue weighted by Crippen LogP contribution is -2.44. The molecular weight excluding hydrogens is 487 g/mol. The molecule has 6 nitrogen and oxygen atoms in total. The van der Waals surface area contributed by atoms with Crippen molar-refractivity contribution < 1.29 is 31.9 Å². The zero-order valence-electron chi connectivity index (χ0n) is 19.2. The second kappa shape index (κ2) is 8.78. The minimum absolute atomic E-state index is 0.00396. The normalized spacial score (nSPS) is 15.1. The topological polar surface area (TPSA) is 77.8 Å². The van der Waals surface area contributed by atoms with Gasteiger partial charge in [-0.3, -0.25) is 4.79 Å². The van der Waals surface area contributed by atoms with E-state index in [4.69, 9.17) is 25.5 Å². The van der Waals surface area contributed by atoms with Gasteiger partial charge in [0, 0.05) is 6.07 Å². The SMILES string of the molecule is CC(C)(C)OC(=O)NC1(COc2cc(C(F)(F)F)ccc2-c2cc(=O)c3cccc(Cl)c3o2)CC1. The number of rotatable bonds is 5. The molecule has 0 bridgehead atoms. The van der Waals surface area contributed by atoms with Crippen molar-refractivity contribution in [1.29, 1.82) is 0 Å². The Hall–Kier alpha value is -3.20. The van der Waals surface area contributed by atoms with E-state index in [0.717, 1.165) is 12.1 Å². The second-order valence-electron chi connectivity index (χ2n) is 9.50. The summed E-state index contributed by atoms with van der Waals surface area (Å²) in [5, 5.41) is 3.17. The van der Waals surface area contributed by atoms with Crippen LogP contribution in [0.2, 0.25) is 5.02 Å². The average Bonchev–Trinajstić information content (AvgIpc) is 3.50. The number of hydrogen-bond acceptors (Lipinski definition) is 5. The number of benzene rings is 2. The molecule has 1 saturated carbocycles. The number of para-hydroxylation sites is 1. The average molecular weight is 510 g/mol. The van der Waals surface area contributed by atoms with E-state index in [1.807, 2.05) is 0 Å². The molecule has 0 unspecified atom stereocenters. The summed E-state index contributed by atoms with van der Waals surface area (Å²) in [5.41, 5.74) is -2.54. The highest BCUT2D eigenvalue weighted by Gasteiger charge is 2.46. The molecular formula is C25H23ClF3NO5. The Balaban J connectivity index is 1.68. The maximum Gasteiger partial charge on any atom is 0.416 e. The van der Waals surface area contributed by atoms with E-state index in [9.17, 15) is 22.8 Å². The molecule has 0 atom stereocenters. The lowest BCUT2D eigenvalue weighted by molar-refractivity contribution is -0.137. The predicted octanol–water partition coefficient (Wildman–Crippen LogP) is 6.57. The summed E-state index contributed by atoms with van der Waals surface area (Å²) < 4.78 is 57.2. The van der Waals surface area contributed by atoms with Crippen LogP contribution in [0.5, 0.6) is 5.75 Å². The molecule has 1 heterocycles. The number of carbonyl (C=O) groups excluding carboxylic acids is 1. The van der Waals surface area contributed by atoms with Gasteiger partial charge in [-0.15, -0.1) is 0 Å². The molecule has 3 aromatic rings. The van der Waals surface area contributed by atoms with Gasteiger partial charge in [0.2, 0.25) is 0 Å². The van der Waals surface area contributed by atoms with Crippen molar-refractivity contribution in [3.8, 4) is 17.1 Å². The van der Waals surface area contributed by atoms with Crippen molar-refractivity contribution in [3.05, 3.63) is 63.3 Å². The third-order valence-corrected chi connectivity index (χ3v) is 5.70. The Morgan fingerprint density at radius 3 is 2.49 bits per heavy atom. The molecule has 1 aliphatic carbocycles. The van der Waals surface area contributed by atoms with Gasteiger partial charge in [-0.1, -0.05) is 17.7 Å². The van der Waals surface area contributed by atoms with Crippen molar-refractivity contribution in [3.63, 3.8) is 0 Å². The van der Waals surface area contributed by atoms with Crippen LogP contribution in [0.4, 0.5) is 18.0 Å². The van der Waals surface area contributed by atoms with Crippen molar-refractivity contribution >= 4 is 28.7 Å². The molecule has 0 spiro atoms. The summed E-state index contributed by atoms with van der Waals surface area (Å²) in [6.07, 6.45) is -4.11. The van der Waals surface area contributed by atoms with Crippen LogP contribution in [0.1, 0.15) is 39.2 Å². The summed E-state index contributed by atoms with van der Waals surface area (Å²) in [4.78, 5) is 24.8. The van der Waals surface area contributed by atoms with Crippen LogP contribution >= 0.6 is 11.6 Å². The first-order chi connectivity index (χ1) is 16.3.